The Labute approximate surface area is 247 Å². The van der Waals surface area contributed by atoms with E-state index in [9.17, 15) is 19.2 Å². The summed E-state index contributed by atoms with van der Waals surface area (Å²) in [6.45, 7) is 4.62. The Hall–Kier alpha value is -3.85. The van der Waals surface area contributed by atoms with E-state index in [4.69, 9.17) is 28.4 Å². The fourth-order valence-corrected chi connectivity index (χ4v) is 5.58. The SMILES string of the molecule is COc1ccc(CCc2nnc(SC3OC(COC(C)=O)C(OC(C)=O)C(OC(C)=O)C3NC(C)=O)n2C)cc1OC. The maximum absolute atomic E-state index is 12.2. The van der Waals surface area contributed by atoms with Crippen LogP contribution in [0.3, 0.4) is 0 Å². The van der Waals surface area contributed by atoms with Crippen LogP contribution in [-0.2, 0) is 58.0 Å². The van der Waals surface area contributed by atoms with Gasteiger partial charge in [-0.1, -0.05) is 17.8 Å². The van der Waals surface area contributed by atoms with Crippen LogP contribution in [0, 0.1) is 0 Å². The van der Waals surface area contributed by atoms with Crippen molar-refractivity contribution in [2.24, 2.45) is 7.05 Å². The topological polar surface area (TPSA) is 166 Å². The largest absolute Gasteiger partial charge is 0.493 e. The second-order valence-electron chi connectivity index (χ2n) is 9.48. The van der Waals surface area contributed by atoms with Crippen LogP contribution >= 0.6 is 11.8 Å². The molecule has 5 atom stereocenters. The van der Waals surface area contributed by atoms with Crippen molar-refractivity contribution in [2.45, 2.75) is 75.5 Å². The van der Waals surface area contributed by atoms with Crippen molar-refractivity contribution in [1.29, 1.82) is 0 Å². The first-order chi connectivity index (χ1) is 19.9. The highest BCUT2D eigenvalue weighted by Crippen LogP contribution is 2.36. The molecule has 3 rings (SSSR count). The third kappa shape index (κ3) is 8.58. The van der Waals surface area contributed by atoms with E-state index in [-0.39, 0.29) is 6.61 Å². The van der Waals surface area contributed by atoms with E-state index in [0.717, 1.165) is 17.3 Å². The summed E-state index contributed by atoms with van der Waals surface area (Å²) in [5, 5.41) is 11.8. The second kappa shape index (κ2) is 14.9. The number of methoxy groups -OCH3 is 2. The van der Waals surface area contributed by atoms with Gasteiger partial charge in [0.2, 0.25) is 5.91 Å². The predicted molar refractivity (Wildman–Crippen MR) is 148 cm³/mol. The summed E-state index contributed by atoms with van der Waals surface area (Å²) in [4.78, 5) is 47.8. The number of nitrogens with zero attached hydrogens (tertiary/aromatic N) is 3. The number of benzene rings is 1. The van der Waals surface area contributed by atoms with Crippen molar-refractivity contribution in [3.63, 3.8) is 0 Å². The van der Waals surface area contributed by atoms with Gasteiger partial charge in [0.25, 0.3) is 0 Å². The molecule has 0 bridgehead atoms. The normalized spacial score (nSPS) is 21.6. The number of ether oxygens (including phenoxy) is 6. The highest BCUT2D eigenvalue weighted by molar-refractivity contribution is 7.99. The second-order valence-corrected chi connectivity index (χ2v) is 10.6. The fourth-order valence-electron chi connectivity index (χ4n) is 4.45. The Morgan fingerprint density at radius 1 is 0.929 bits per heavy atom. The van der Waals surface area contributed by atoms with Crippen LogP contribution < -0.4 is 14.8 Å². The molecule has 42 heavy (non-hydrogen) atoms. The zero-order valence-electron chi connectivity index (χ0n) is 24.6. The molecule has 1 aromatic heterocycles. The lowest BCUT2D eigenvalue weighted by molar-refractivity contribution is -0.211. The minimum absolute atomic E-state index is 0.287. The van der Waals surface area contributed by atoms with Crippen molar-refractivity contribution in [3.05, 3.63) is 29.6 Å². The Morgan fingerprint density at radius 3 is 2.19 bits per heavy atom. The average Bonchev–Trinajstić information content (AvgIpc) is 3.27. The Morgan fingerprint density at radius 2 is 1.60 bits per heavy atom. The van der Waals surface area contributed by atoms with Crippen molar-refractivity contribution in [3.8, 4) is 11.5 Å². The fraction of sp³-hybridized carbons (Fsp3) is 0.556. The van der Waals surface area contributed by atoms with Crippen LogP contribution in [0.1, 0.15) is 39.1 Å². The number of rotatable bonds is 12. The van der Waals surface area contributed by atoms with E-state index in [2.05, 4.69) is 15.5 Å². The Kier molecular flexibility index (Phi) is 11.6. The molecule has 2 aromatic rings. The van der Waals surface area contributed by atoms with Gasteiger partial charge >= 0.3 is 17.9 Å². The van der Waals surface area contributed by atoms with Crippen molar-refractivity contribution < 1.29 is 47.6 Å². The van der Waals surface area contributed by atoms with Crippen molar-refractivity contribution in [1.82, 2.24) is 20.1 Å². The molecule has 1 aliphatic rings. The van der Waals surface area contributed by atoms with Gasteiger partial charge in [0, 0.05) is 41.2 Å². The highest BCUT2D eigenvalue weighted by Gasteiger charge is 2.51. The molecule has 1 saturated heterocycles. The number of amides is 1. The van der Waals surface area contributed by atoms with Gasteiger partial charge in [0.1, 0.15) is 30.0 Å². The quantitative estimate of drug-likeness (QED) is 0.271. The van der Waals surface area contributed by atoms with E-state index < -0.39 is 53.6 Å². The summed E-state index contributed by atoms with van der Waals surface area (Å²) in [5.41, 5.74) is 0.118. The number of nitrogens with one attached hydrogen (secondary N) is 1. The molecule has 230 valence electrons. The summed E-state index contributed by atoms with van der Waals surface area (Å²) < 4.78 is 34.9. The molecule has 0 aliphatic carbocycles. The van der Waals surface area contributed by atoms with Crippen molar-refractivity contribution >= 4 is 35.6 Å². The van der Waals surface area contributed by atoms with Crippen LogP contribution in [-0.4, -0.2) is 89.2 Å². The van der Waals surface area contributed by atoms with E-state index in [1.165, 1.54) is 27.7 Å². The van der Waals surface area contributed by atoms with E-state index in [1.807, 2.05) is 18.2 Å². The van der Waals surface area contributed by atoms with Gasteiger partial charge in [-0.2, -0.15) is 0 Å². The number of aromatic nitrogens is 3. The minimum Gasteiger partial charge on any atom is -0.493 e. The summed E-state index contributed by atoms with van der Waals surface area (Å²) in [6.07, 6.45) is -2.13. The third-order valence-corrected chi connectivity index (χ3v) is 7.51. The van der Waals surface area contributed by atoms with Gasteiger partial charge < -0.3 is 38.3 Å². The Balaban J connectivity index is 1.87. The summed E-state index contributed by atoms with van der Waals surface area (Å²) >= 11 is 1.13. The zero-order chi connectivity index (χ0) is 31.0. The number of hydrogen-bond acceptors (Lipinski definition) is 13. The molecule has 1 fully saturated rings. The molecular formula is C27H36N4O10S. The predicted octanol–water partition coefficient (Wildman–Crippen LogP) is 1.37. The number of thioether (sulfide) groups is 1. The molecule has 0 radical (unpaired) electrons. The summed E-state index contributed by atoms with van der Waals surface area (Å²) in [7, 11) is 4.95. The number of aryl methyl sites for hydroxylation is 2. The van der Waals surface area contributed by atoms with Crippen molar-refractivity contribution in [2.75, 3.05) is 20.8 Å². The zero-order valence-corrected chi connectivity index (χ0v) is 25.4. The van der Waals surface area contributed by atoms with Gasteiger partial charge in [-0.3, -0.25) is 19.2 Å². The molecule has 15 heteroatoms. The van der Waals surface area contributed by atoms with Gasteiger partial charge in [0.15, 0.2) is 28.9 Å². The monoisotopic (exact) mass is 608 g/mol. The van der Waals surface area contributed by atoms with Crippen LogP contribution in [0.2, 0.25) is 0 Å². The molecule has 2 heterocycles. The van der Waals surface area contributed by atoms with Gasteiger partial charge in [-0.05, 0) is 24.1 Å². The molecule has 0 spiro atoms. The van der Waals surface area contributed by atoms with E-state index in [1.54, 1.807) is 25.8 Å². The van der Waals surface area contributed by atoms with Gasteiger partial charge in [0.05, 0.1) is 14.2 Å². The lowest BCUT2D eigenvalue weighted by atomic mass is 9.97. The molecule has 5 unspecified atom stereocenters. The molecule has 1 N–H and O–H groups in total. The van der Waals surface area contributed by atoms with Crippen LogP contribution in [0.25, 0.3) is 0 Å². The smallest absolute Gasteiger partial charge is 0.303 e. The molecule has 14 nitrogen and oxygen atoms in total. The van der Waals surface area contributed by atoms with Crippen LogP contribution in [0.15, 0.2) is 23.4 Å². The maximum Gasteiger partial charge on any atom is 0.303 e. The number of carbonyl (C=O) groups is 4. The number of hydrogen-bond donors (Lipinski definition) is 1. The first kappa shape index (κ1) is 32.7. The van der Waals surface area contributed by atoms with Gasteiger partial charge in [-0.15, -0.1) is 10.2 Å². The minimum atomic E-state index is -1.17. The molecule has 1 aromatic carbocycles. The number of carbonyl (C=O) groups excluding carboxylic acids is 4. The standard InChI is InChI=1S/C27H36N4O10S/c1-14(32)28-23-25(40-17(4)35)24(39-16(3)34)21(13-38-15(2)33)41-26(23)42-27-30-29-22(31(27)5)11-9-18-8-10-19(36-6)20(12-18)37-7/h8,10,12,21,23-26H,9,11,13H2,1-7H3,(H,28,32). The van der Waals surface area contributed by atoms with Crippen LogP contribution in [0.5, 0.6) is 11.5 Å². The molecular weight excluding hydrogens is 572 g/mol. The third-order valence-electron chi connectivity index (χ3n) is 6.30. The summed E-state index contributed by atoms with van der Waals surface area (Å²) in [6, 6.07) is 4.72. The molecule has 1 amide bonds. The number of esters is 3. The molecule has 1 aliphatic heterocycles. The van der Waals surface area contributed by atoms with Crippen LogP contribution in [0.4, 0.5) is 0 Å². The lowest BCUT2D eigenvalue weighted by Crippen LogP contribution is -2.65. The maximum atomic E-state index is 12.2. The Bertz CT molecular complexity index is 1290. The summed E-state index contributed by atoms with van der Waals surface area (Å²) in [5.74, 6) is -0.404. The lowest BCUT2D eigenvalue weighted by Gasteiger charge is -2.44. The first-order valence-corrected chi connectivity index (χ1v) is 14.0. The molecule has 0 saturated carbocycles. The van der Waals surface area contributed by atoms with E-state index in [0.29, 0.717) is 35.3 Å². The first-order valence-electron chi connectivity index (χ1n) is 13.1. The van der Waals surface area contributed by atoms with Gasteiger partial charge in [-0.25, -0.2) is 0 Å². The highest BCUT2D eigenvalue weighted by atomic mass is 32.2. The average molecular weight is 609 g/mol. The van der Waals surface area contributed by atoms with E-state index >= 15 is 0 Å².